The van der Waals surface area contributed by atoms with Crippen LogP contribution in [0.1, 0.15) is 47.0 Å². The molecule has 4 rings (SSSR count). The molecular weight excluding hydrogens is 368 g/mol. The van der Waals surface area contributed by atoms with Crippen LogP contribution in [0, 0.1) is 0 Å². The first-order valence-electron chi connectivity index (χ1n) is 9.96. The van der Waals surface area contributed by atoms with Gasteiger partial charge in [-0.05, 0) is 31.4 Å². The van der Waals surface area contributed by atoms with Crippen LogP contribution in [0.25, 0.3) is 11.0 Å². The van der Waals surface area contributed by atoms with E-state index >= 15 is 0 Å². The van der Waals surface area contributed by atoms with E-state index in [1.54, 1.807) is 12.4 Å². The van der Waals surface area contributed by atoms with Crippen molar-refractivity contribution >= 4 is 22.8 Å². The van der Waals surface area contributed by atoms with Crippen LogP contribution in [0.2, 0.25) is 0 Å². The lowest BCUT2D eigenvalue weighted by Gasteiger charge is -2.38. The highest BCUT2D eigenvalue weighted by atomic mass is 16.2. The van der Waals surface area contributed by atoms with Crippen molar-refractivity contribution < 1.29 is 9.59 Å². The predicted molar refractivity (Wildman–Crippen MR) is 108 cm³/mol. The van der Waals surface area contributed by atoms with Crippen LogP contribution in [0.5, 0.6) is 0 Å². The van der Waals surface area contributed by atoms with Crippen molar-refractivity contribution in [2.45, 2.75) is 32.2 Å². The molecule has 0 atom stereocenters. The molecule has 0 aliphatic carbocycles. The molecule has 150 valence electrons. The van der Waals surface area contributed by atoms with Crippen LogP contribution in [0.4, 0.5) is 0 Å². The summed E-state index contributed by atoms with van der Waals surface area (Å²) in [6.45, 7) is 3.95. The fraction of sp³-hybridized carbons (Fsp3) is 0.381. The molecule has 1 aliphatic rings. The lowest BCUT2D eigenvalue weighted by Crippen LogP contribution is -2.49. The van der Waals surface area contributed by atoms with Gasteiger partial charge in [0, 0.05) is 55.8 Å². The van der Waals surface area contributed by atoms with Gasteiger partial charge in [-0.3, -0.25) is 14.6 Å². The number of aromatic amines is 1. The first kappa shape index (κ1) is 19.0. The fourth-order valence-corrected chi connectivity index (χ4v) is 3.87. The third kappa shape index (κ3) is 3.96. The van der Waals surface area contributed by atoms with E-state index in [9.17, 15) is 9.59 Å². The number of carbonyl (C=O) groups is 2. The summed E-state index contributed by atoms with van der Waals surface area (Å²) in [5.41, 5.74) is 1.74. The van der Waals surface area contributed by atoms with Gasteiger partial charge in [0.15, 0.2) is 0 Å². The number of hydrogen-bond donors (Lipinski definition) is 1. The number of nitrogens with zero attached hydrogens (tertiary/aromatic N) is 5. The molecule has 1 N–H and O–H groups in total. The van der Waals surface area contributed by atoms with E-state index in [1.807, 2.05) is 28.1 Å². The number of piperidine rings is 1. The summed E-state index contributed by atoms with van der Waals surface area (Å²) in [5, 5.41) is 0.925. The second-order valence-corrected chi connectivity index (χ2v) is 7.25. The minimum absolute atomic E-state index is 0.0126. The number of aromatic nitrogens is 4. The van der Waals surface area contributed by atoms with Gasteiger partial charge in [-0.2, -0.15) is 0 Å². The summed E-state index contributed by atoms with van der Waals surface area (Å²) in [4.78, 5) is 45.0. The monoisotopic (exact) mass is 392 g/mol. The number of hydrogen-bond acceptors (Lipinski definition) is 5. The molecule has 1 aliphatic heterocycles. The molecule has 29 heavy (non-hydrogen) atoms. The number of carbonyl (C=O) groups excluding carboxylic acids is 2. The number of rotatable bonds is 5. The summed E-state index contributed by atoms with van der Waals surface area (Å²) in [6.07, 6.45) is 10.4. The second kappa shape index (κ2) is 8.38. The van der Waals surface area contributed by atoms with Gasteiger partial charge in [0.05, 0.1) is 11.8 Å². The van der Waals surface area contributed by atoms with Gasteiger partial charge in [0.1, 0.15) is 11.3 Å². The molecule has 4 heterocycles. The maximum absolute atomic E-state index is 12.9. The zero-order valence-corrected chi connectivity index (χ0v) is 16.4. The minimum atomic E-state index is -0.0909. The van der Waals surface area contributed by atoms with Crippen molar-refractivity contribution in [1.29, 1.82) is 0 Å². The Bertz CT molecular complexity index is 995. The third-order valence-corrected chi connectivity index (χ3v) is 5.35. The molecule has 0 saturated carbocycles. The molecule has 0 spiro atoms. The van der Waals surface area contributed by atoms with E-state index in [4.69, 9.17) is 0 Å². The van der Waals surface area contributed by atoms with Gasteiger partial charge in [-0.25, -0.2) is 9.97 Å². The molecule has 1 fully saturated rings. The highest BCUT2D eigenvalue weighted by Crippen LogP contribution is 2.21. The largest absolute Gasteiger partial charge is 0.346 e. The van der Waals surface area contributed by atoms with Crippen LogP contribution < -0.4 is 0 Å². The van der Waals surface area contributed by atoms with E-state index in [0.29, 0.717) is 30.9 Å². The molecule has 2 amide bonds. The first-order chi connectivity index (χ1) is 14.2. The summed E-state index contributed by atoms with van der Waals surface area (Å²) in [6, 6.07) is 3.87. The van der Waals surface area contributed by atoms with Gasteiger partial charge in [-0.1, -0.05) is 6.92 Å². The number of nitrogens with one attached hydrogen (secondary N) is 1. The predicted octanol–water partition coefficient (Wildman–Crippen LogP) is 2.51. The van der Waals surface area contributed by atoms with Gasteiger partial charge < -0.3 is 14.8 Å². The third-order valence-electron chi connectivity index (χ3n) is 5.35. The quantitative estimate of drug-likeness (QED) is 0.720. The van der Waals surface area contributed by atoms with Gasteiger partial charge in [0.2, 0.25) is 0 Å². The smallest absolute Gasteiger partial charge is 0.274 e. The average molecular weight is 392 g/mol. The van der Waals surface area contributed by atoms with Crippen molar-refractivity contribution in [2.24, 2.45) is 0 Å². The van der Waals surface area contributed by atoms with Crippen LogP contribution in [0.3, 0.4) is 0 Å². The lowest BCUT2D eigenvalue weighted by atomic mass is 10.0. The normalized spacial score (nSPS) is 14.9. The van der Waals surface area contributed by atoms with Crippen LogP contribution in [0.15, 0.2) is 43.1 Å². The Labute approximate surface area is 169 Å². The lowest BCUT2D eigenvalue weighted by molar-refractivity contribution is 0.0515. The maximum Gasteiger partial charge on any atom is 0.274 e. The standard InChI is InChI=1S/C21H24N6O2/c1-2-9-27(21(29)18-14-22-7-8-23-18)17-4-10-26(11-5-17)20(28)16-12-15-3-6-24-19(15)25-13-16/h3,6-8,12-14,17H,2,4-5,9-11H2,1H3,(H,24,25). The Hall–Kier alpha value is -3.29. The number of pyridine rings is 1. The van der Waals surface area contributed by atoms with Crippen molar-refractivity contribution in [3.8, 4) is 0 Å². The van der Waals surface area contributed by atoms with E-state index in [1.165, 1.54) is 12.4 Å². The highest BCUT2D eigenvalue weighted by molar-refractivity contribution is 5.97. The molecule has 0 radical (unpaired) electrons. The van der Waals surface area contributed by atoms with Crippen molar-refractivity contribution in [3.63, 3.8) is 0 Å². The fourth-order valence-electron chi connectivity index (χ4n) is 3.87. The molecule has 0 unspecified atom stereocenters. The minimum Gasteiger partial charge on any atom is -0.346 e. The summed E-state index contributed by atoms with van der Waals surface area (Å²) in [5.74, 6) is -0.104. The Balaban J connectivity index is 1.43. The molecule has 0 bridgehead atoms. The Morgan fingerprint density at radius 1 is 1.21 bits per heavy atom. The Morgan fingerprint density at radius 3 is 2.76 bits per heavy atom. The number of likely N-dealkylation sites (tertiary alicyclic amines) is 1. The molecule has 3 aromatic rings. The van der Waals surface area contributed by atoms with Crippen LogP contribution >= 0.6 is 0 Å². The van der Waals surface area contributed by atoms with E-state index in [-0.39, 0.29) is 17.9 Å². The van der Waals surface area contributed by atoms with E-state index < -0.39 is 0 Å². The average Bonchev–Trinajstić information content (AvgIpc) is 3.25. The molecule has 3 aromatic heterocycles. The molecule has 8 heteroatoms. The zero-order valence-electron chi connectivity index (χ0n) is 16.4. The molecular formula is C21H24N6O2. The summed E-state index contributed by atoms with van der Waals surface area (Å²) in [7, 11) is 0. The van der Waals surface area contributed by atoms with E-state index in [0.717, 1.165) is 30.3 Å². The number of fused-ring (bicyclic) bond motifs is 1. The highest BCUT2D eigenvalue weighted by Gasteiger charge is 2.30. The first-order valence-corrected chi connectivity index (χ1v) is 9.96. The molecule has 0 aromatic carbocycles. The number of amides is 2. The van der Waals surface area contributed by atoms with Gasteiger partial charge in [0.25, 0.3) is 11.8 Å². The Morgan fingerprint density at radius 2 is 2.03 bits per heavy atom. The van der Waals surface area contributed by atoms with Crippen molar-refractivity contribution in [2.75, 3.05) is 19.6 Å². The van der Waals surface area contributed by atoms with Crippen molar-refractivity contribution in [3.05, 3.63) is 54.4 Å². The zero-order chi connectivity index (χ0) is 20.2. The van der Waals surface area contributed by atoms with Crippen molar-refractivity contribution in [1.82, 2.24) is 29.7 Å². The van der Waals surface area contributed by atoms with Gasteiger partial charge >= 0.3 is 0 Å². The molecule has 8 nitrogen and oxygen atoms in total. The topological polar surface area (TPSA) is 95.1 Å². The number of H-pyrrole nitrogens is 1. The van der Waals surface area contributed by atoms with Crippen LogP contribution in [-0.2, 0) is 0 Å². The maximum atomic E-state index is 12.9. The second-order valence-electron chi connectivity index (χ2n) is 7.25. The molecule has 1 saturated heterocycles. The van der Waals surface area contributed by atoms with Gasteiger partial charge in [-0.15, -0.1) is 0 Å². The summed E-state index contributed by atoms with van der Waals surface area (Å²) < 4.78 is 0. The van der Waals surface area contributed by atoms with Crippen LogP contribution in [-0.4, -0.2) is 67.2 Å². The van der Waals surface area contributed by atoms with E-state index in [2.05, 4.69) is 26.9 Å². The Kier molecular flexibility index (Phi) is 5.50. The summed E-state index contributed by atoms with van der Waals surface area (Å²) >= 11 is 0. The SMILES string of the molecule is CCCN(C(=O)c1cnccn1)C1CCN(C(=O)c2cnc3[nH]ccc3c2)CC1.